The smallest absolute Gasteiger partial charge is 0.253 e. The van der Waals surface area contributed by atoms with Gasteiger partial charge in [-0.05, 0) is 37.1 Å². The molecule has 1 heterocycles. The molecule has 3 rings (SSSR count). The number of aryl methyl sites for hydroxylation is 1. The minimum absolute atomic E-state index is 0.132. The summed E-state index contributed by atoms with van der Waals surface area (Å²) < 4.78 is 16.9. The Balaban J connectivity index is 1.67. The highest BCUT2D eigenvalue weighted by atomic mass is 16.5. The van der Waals surface area contributed by atoms with Crippen LogP contribution in [0.1, 0.15) is 35.4 Å². The summed E-state index contributed by atoms with van der Waals surface area (Å²) in [7, 11) is 0. The normalized spacial score (nSPS) is 10.3. The number of hydrogen-bond donors (Lipinski definition) is 0. The minimum atomic E-state index is 0.132. The molecule has 132 valence electrons. The van der Waals surface area contributed by atoms with Gasteiger partial charge in [0.25, 0.3) is 5.89 Å². The molecule has 0 fully saturated rings. The molecule has 0 spiro atoms. The first kappa shape index (κ1) is 17.5. The number of aromatic nitrogens is 2. The minimum Gasteiger partial charge on any atom is -0.490 e. The summed E-state index contributed by atoms with van der Waals surface area (Å²) in [6.45, 7) is 4.54. The highest BCUT2D eigenvalue weighted by Crippen LogP contribution is 2.29. The third-order valence-corrected chi connectivity index (χ3v) is 3.84. The second kappa shape index (κ2) is 8.17. The molecule has 0 saturated heterocycles. The molecule has 0 radical (unpaired) electrons. The van der Waals surface area contributed by atoms with E-state index < -0.39 is 0 Å². The molecule has 6 nitrogen and oxygen atoms in total. The first-order chi connectivity index (χ1) is 12.7. The lowest BCUT2D eigenvalue weighted by atomic mass is 10.1. The van der Waals surface area contributed by atoms with Crippen molar-refractivity contribution in [3.05, 3.63) is 70.9 Å². The Kier molecular flexibility index (Phi) is 5.49. The number of nitrogens with zero attached hydrogens (tertiary/aromatic N) is 3. The average Bonchev–Trinajstić information content (AvgIpc) is 3.10. The van der Waals surface area contributed by atoms with E-state index >= 15 is 0 Å². The van der Waals surface area contributed by atoms with E-state index in [9.17, 15) is 0 Å². The van der Waals surface area contributed by atoms with Gasteiger partial charge in [-0.2, -0.15) is 5.26 Å². The van der Waals surface area contributed by atoms with Crippen molar-refractivity contribution in [3.8, 4) is 17.6 Å². The van der Waals surface area contributed by atoms with Crippen molar-refractivity contribution in [2.75, 3.05) is 6.61 Å². The molecule has 0 N–H and O–H groups in total. The zero-order valence-electron chi connectivity index (χ0n) is 14.7. The number of nitriles is 1. The van der Waals surface area contributed by atoms with Crippen molar-refractivity contribution < 1.29 is 13.9 Å². The maximum atomic E-state index is 8.99. The molecule has 0 unspecified atom stereocenters. The van der Waals surface area contributed by atoms with Crippen LogP contribution in [-0.4, -0.2) is 16.8 Å². The maximum absolute atomic E-state index is 8.99. The van der Waals surface area contributed by atoms with E-state index in [1.54, 1.807) is 18.2 Å². The topological polar surface area (TPSA) is 81.2 Å². The molecule has 0 atom stereocenters. The van der Waals surface area contributed by atoms with Gasteiger partial charge < -0.3 is 13.9 Å². The van der Waals surface area contributed by atoms with Gasteiger partial charge in [0.05, 0.1) is 24.7 Å². The summed E-state index contributed by atoms with van der Waals surface area (Å²) in [6, 6.07) is 15.2. The van der Waals surface area contributed by atoms with Gasteiger partial charge in [0.1, 0.15) is 0 Å². The quantitative estimate of drug-likeness (QED) is 0.645. The van der Waals surface area contributed by atoms with Gasteiger partial charge in [0, 0.05) is 6.07 Å². The van der Waals surface area contributed by atoms with E-state index in [2.05, 4.69) is 29.3 Å². The molecule has 6 heteroatoms. The molecule has 0 saturated carbocycles. The maximum Gasteiger partial charge on any atom is 0.253 e. The lowest BCUT2D eigenvalue weighted by Crippen LogP contribution is -2.00. The first-order valence-electron chi connectivity index (χ1n) is 8.35. The SMILES string of the molecule is CCOc1cc(C#N)ccc1OCc1nnc(Cc2ccccc2C)o1. The molecule has 26 heavy (non-hydrogen) atoms. The van der Waals surface area contributed by atoms with E-state index in [1.165, 1.54) is 5.56 Å². The Labute approximate surface area is 152 Å². The van der Waals surface area contributed by atoms with Crippen LogP contribution in [0.3, 0.4) is 0 Å². The van der Waals surface area contributed by atoms with Crippen LogP contribution in [0.25, 0.3) is 0 Å². The van der Waals surface area contributed by atoms with Gasteiger partial charge in [-0.15, -0.1) is 10.2 Å². The van der Waals surface area contributed by atoms with Crippen LogP contribution >= 0.6 is 0 Å². The lowest BCUT2D eigenvalue weighted by Gasteiger charge is -2.10. The van der Waals surface area contributed by atoms with Gasteiger partial charge >= 0.3 is 0 Å². The molecule has 0 amide bonds. The van der Waals surface area contributed by atoms with E-state index in [-0.39, 0.29) is 6.61 Å². The van der Waals surface area contributed by atoms with Crippen LogP contribution in [0, 0.1) is 18.3 Å². The van der Waals surface area contributed by atoms with Gasteiger partial charge in [-0.1, -0.05) is 24.3 Å². The molecule has 2 aromatic carbocycles. The second-order valence-corrected chi connectivity index (χ2v) is 5.69. The Bertz CT molecular complexity index is 928. The van der Waals surface area contributed by atoms with Crippen molar-refractivity contribution in [2.45, 2.75) is 26.9 Å². The highest BCUT2D eigenvalue weighted by molar-refractivity contribution is 5.46. The Hall–Kier alpha value is -3.33. The Morgan fingerprint density at radius 2 is 1.85 bits per heavy atom. The summed E-state index contributed by atoms with van der Waals surface area (Å²) in [5.74, 6) is 1.99. The van der Waals surface area contributed by atoms with Crippen molar-refractivity contribution in [3.63, 3.8) is 0 Å². The summed E-state index contributed by atoms with van der Waals surface area (Å²) >= 11 is 0. The van der Waals surface area contributed by atoms with E-state index in [1.807, 2.05) is 25.1 Å². The fraction of sp³-hybridized carbons (Fsp3) is 0.250. The molecule has 1 aromatic heterocycles. The summed E-state index contributed by atoms with van der Waals surface area (Å²) in [5, 5.41) is 17.1. The van der Waals surface area contributed by atoms with Gasteiger partial charge in [-0.3, -0.25) is 0 Å². The summed E-state index contributed by atoms with van der Waals surface area (Å²) in [5.41, 5.74) is 2.84. The third kappa shape index (κ3) is 4.19. The van der Waals surface area contributed by atoms with E-state index in [0.29, 0.717) is 41.9 Å². The van der Waals surface area contributed by atoms with Crippen LogP contribution < -0.4 is 9.47 Å². The Morgan fingerprint density at radius 3 is 2.62 bits per heavy atom. The second-order valence-electron chi connectivity index (χ2n) is 5.69. The van der Waals surface area contributed by atoms with Crippen LogP contribution in [0.2, 0.25) is 0 Å². The fourth-order valence-corrected chi connectivity index (χ4v) is 2.49. The number of rotatable bonds is 7. The molecular formula is C20H19N3O3. The van der Waals surface area contributed by atoms with Crippen LogP contribution in [0.15, 0.2) is 46.9 Å². The number of ether oxygens (including phenoxy) is 2. The third-order valence-electron chi connectivity index (χ3n) is 3.84. The highest BCUT2D eigenvalue weighted by Gasteiger charge is 2.11. The van der Waals surface area contributed by atoms with Gasteiger partial charge in [-0.25, -0.2) is 0 Å². The van der Waals surface area contributed by atoms with Crippen molar-refractivity contribution in [1.82, 2.24) is 10.2 Å². The lowest BCUT2D eigenvalue weighted by molar-refractivity contribution is 0.240. The monoisotopic (exact) mass is 349 g/mol. The zero-order chi connectivity index (χ0) is 18.4. The van der Waals surface area contributed by atoms with E-state index in [4.69, 9.17) is 19.2 Å². The molecule has 3 aromatic rings. The number of benzene rings is 2. The molecule has 0 bridgehead atoms. The fourth-order valence-electron chi connectivity index (χ4n) is 2.49. The largest absolute Gasteiger partial charge is 0.490 e. The van der Waals surface area contributed by atoms with Crippen LogP contribution in [0.5, 0.6) is 11.5 Å². The van der Waals surface area contributed by atoms with E-state index in [0.717, 1.165) is 5.56 Å². The number of hydrogen-bond acceptors (Lipinski definition) is 6. The van der Waals surface area contributed by atoms with Gasteiger partial charge in [0.15, 0.2) is 18.1 Å². The molecule has 0 aliphatic rings. The van der Waals surface area contributed by atoms with Gasteiger partial charge in [0.2, 0.25) is 5.89 Å². The predicted octanol–water partition coefficient (Wildman–Crippen LogP) is 3.82. The van der Waals surface area contributed by atoms with Crippen molar-refractivity contribution >= 4 is 0 Å². The molecule has 0 aliphatic heterocycles. The molecule has 0 aliphatic carbocycles. The average molecular weight is 349 g/mol. The van der Waals surface area contributed by atoms with Crippen LogP contribution in [0.4, 0.5) is 0 Å². The Morgan fingerprint density at radius 1 is 1.04 bits per heavy atom. The first-order valence-corrected chi connectivity index (χ1v) is 8.35. The zero-order valence-corrected chi connectivity index (χ0v) is 14.7. The summed E-state index contributed by atoms with van der Waals surface area (Å²) in [4.78, 5) is 0. The van der Waals surface area contributed by atoms with Crippen LogP contribution in [-0.2, 0) is 13.0 Å². The predicted molar refractivity (Wildman–Crippen MR) is 94.9 cm³/mol. The summed E-state index contributed by atoms with van der Waals surface area (Å²) in [6.07, 6.45) is 0.584. The standard InChI is InChI=1S/C20H19N3O3/c1-3-24-18-10-15(12-21)8-9-17(18)25-13-20-23-22-19(26-20)11-16-7-5-4-6-14(16)2/h4-10H,3,11,13H2,1-2H3. The molecular weight excluding hydrogens is 330 g/mol. The van der Waals surface area contributed by atoms with Crippen molar-refractivity contribution in [2.24, 2.45) is 0 Å². The van der Waals surface area contributed by atoms with Crippen molar-refractivity contribution in [1.29, 1.82) is 5.26 Å².